The van der Waals surface area contributed by atoms with Crippen molar-refractivity contribution in [3.8, 4) is 0 Å². The number of alkyl halides is 13. The number of methoxy groups -OCH3 is 1. The van der Waals surface area contributed by atoms with E-state index in [1.54, 1.807) is 0 Å². The summed E-state index contributed by atoms with van der Waals surface area (Å²) in [7, 11) is -0.0661. The maximum atomic E-state index is 13.3. The van der Waals surface area contributed by atoms with Gasteiger partial charge in [-0.05, 0) is 0 Å². The molecule has 0 aliphatic heterocycles. The van der Waals surface area contributed by atoms with Crippen molar-refractivity contribution in [2.45, 2.75) is 36.5 Å². The molecule has 0 heterocycles. The molecule has 150 valence electrons. The zero-order valence-corrected chi connectivity index (χ0v) is 11.0. The first-order chi connectivity index (χ1) is 10.6. The highest BCUT2D eigenvalue weighted by atomic mass is 19.4. The monoisotopic (exact) mass is 410 g/mol. The fourth-order valence-electron chi connectivity index (χ4n) is 0.966. The number of hydrogen-bond donors (Lipinski definition) is 0. The van der Waals surface area contributed by atoms with E-state index < -0.39 is 42.5 Å². The van der Waals surface area contributed by atoms with Crippen LogP contribution in [-0.2, 0) is 19.0 Å². The number of esters is 1. The smallest absolute Gasteiger partial charge is 0.465 e. The van der Waals surface area contributed by atoms with Gasteiger partial charge in [0.1, 0.15) is 0 Å². The Hall–Kier alpha value is -1.52. The number of ether oxygens (including phenoxy) is 3. The molecule has 4 nitrogen and oxygen atoms in total. The predicted octanol–water partition coefficient (Wildman–Crippen LogP) is 3.76. The van der Waals surface area contributed by atoms with E-state index in [9.17, 15) is 61.9 Å². The van der Waals surface area contributed by atoms with Gasteiger partial charge in [-0.2, -0.15) is 43.9 Å². The van der Waals surface area contributed by atoms with Crippen molar-refractivity contribution >= 4 is 5.97 Å². The Balaban J connectivity index is 5.99. The van der Waals surface area contributed by atoms with Gasteiger partial charge in [0.05, 0.1) is 7.11 Å². The van der Waals surface area contributed by atoms with Crippen molar-refractivity contribution in [3.05, 3.63) is 0 Å². The maximum Gasteiger partial charge on any atom is 0.527 e. The minimum atomic E-state index is -7.52. The molecule has 0 spiro atoms. The second kappa shape index (κ2) is 6.33. The summed E-state index contributed by atoms with van der Waals surface area (Å²) in [5.74, 6) is -17.4. The molecule has 25 heavy (non-hydrogen) atoms. The Morgan fingerprint density at radius 3 is 1.32 bits per heavy atom. The Bertz CT molecular complexity index is 495. The van der Waals surface area contributed by atoms with Crippen LogP contribution >= 0.6 is 0 Å². The molecule has 0 fully saturated rings. The molecule has 0 aromatic carbocycles. The molecule has 0 saturated carbocycles. The van der Waals surface area contributed by atoms with E-state index in [1.807, 2.05) is 4.74 Å². The van der Waals surface area contributed by atoms with E-state index in [4.69, 9.17) is 0 Å². The van der Waals surface area contributed by atoms with Crippen LogP contribution in [0.4, 0.5) is 57.1 Å². The number of carbonyl (C=O) groups excluding carboxylic acids is 1. The van der Waals surface area contributed by atoms with E-state index in [2.05, 4.69) is 4.74 Å². The first kappa shape index (κ1) is 23.5. The van der Waals surface area contributed by atoms with Crippen LogP contribution in [0.15, 0.2) is 0 Å². The Morgan fingerprint density at radius 1 is 0.680 bits per heavy atom. The third kappa shape index (κ3) is 4.56. The van der Waals surface area contributed by atoms with Crippen molar-refractivity contribution in [1.29, 1.82) is 0 Å². The van der Waals surface area contributed by atoms with Crippen molar-refractivity contribution in [1.82, 2.24) is 0 Å². The van der Waals surface area contributed by atoms with Crippen LogP contribution in [0, 0.1) is 0 Å². The summed E-state index contributed by atoms with van der Waals surface area (Å²) < 4.78 is 168. The zero-order valence-electron chi connectivity index (χ0n) is 11.0. The molecule has 0 amide bonds. The normalized spacial score (nSPS) is 17.2. The molecule has 0 radical (unpaired) electrons. The second-order valence-corrected chi connectivity index (χ2v) is 3.84. The van der Waals surface area contributed by atoms with Gasteiger partial charge in [-0.3, -0.25) is 4.74 Å². The van der Waals surface area contributed by atoms with E-state index in [-0.39, 0.29) is 7.11 Å². The molecule has 0 N–H and O–H groups in total. The van der Waals surface area contributed by atoms with E-state index in [0.717, 1.165) is 0 Å². The molecule has 0 saturated heterocycles. The zero-order chi connectivity index (χ0) is 20.7. The average molecular weight is 410 g/mol. The Kier molecular flexibility index (Phi) is 5.94. The predicted molar refractivity (Wildman–Crippen MR) is 45.0 cm³/mol. The topological polar surface area (TPSA) is 44.8 Å². The van der Waals surface area contributed by atoms with E-state index in [0.29, 0.717) is 0 Å². The fourth-order valence-corrected chi connectivity index (χ4v) is 0.966. The Labute approximate surface area is 127 Å². The first-order valence-electron chi connectivity index (χ1n) is 5.09. The quantitative estimate of drug-likeness (QED) is 0.494. The lowest BCUT2D eigenvalue weighted by Gasteiger charge is -2.35. The van der Waals surface area contributed by atoms with Crippen LogP contribution in [0.1, 0.15) is 0 Å². The molecule has 0 rings (SSSR count). The van der Waals surface area contributed by atoms with Gasteiger partial charge in [0, 0.05) is 0 Å². The van der Waals surface area contributed by atoms with Gasteiger partial charge in [0.2, 0.25) is 0 Å². The molecule has 1 atom stereocenters. The van der Waals surface area contributed by atoms with Crippen molar-refractivity contribution < 1.29 is 76.1 Å². The summed E-state index contributed by atoms with van der Waals surface area (Å²) in [5, 5.41) is 0. The highest BCUT2D eigenvalue weighted by Crippen LogP contribution is 2.52. The Morgan fingerprint density at radius 2 is 1.04 bits per heavy atom. The van der Waals surface area contributed by atoms with Crippen LogP contribution in [0.3, 0.4) is 0 Å². The summed E-state index contributed by atoms with van der Waals surface area (Å²) in [5.41, 5.74) is 0. The highest BCUT2D eigenvalue weighted by Gasteiger charge is 2.81. The summed E-state index contributed by atoms with van der Waals surface area (Å²) in [4.78, 5) is 10.5. The highest BCUT2D eigenvalue weighted by molar-refractivity contribution is 5.78. The lowest BCUT2D eigenvalue weighted by atomic mass is 10.2. The van der Waals surface area contributed by atoms with E-state index in [1.165, 1.54) is 4.74 Å². The van der Waals surface area contributed by atoms with Crippen molar-refractivity contribution in [2.75, 3.05) is 7.11 Å². The minimum Gasteiger partial charge on any atom is -0.465 e. The van der Waals surface area contributed by atoms with Gasteiger partial charge in [-0.25, -0.2) is 9.53 Å². The van der Waals surface area contributed by atoms with Crippen LogP contribution in [0.2, 0.25) is 0 Å². The van der Waals surface area contributed by atoms with Crippen molar-refractivity contribution in [3.63, 3.8) is 0 Å². The molecule has 0 aromatic rings. The van der Waals surface area contributed by atoms with Crippen molar-refractivity contribution in [2.24, 2.45) is 0 Å². The molecule has 0 aromatic heterocycles. The second-order valence-electron chi connectivity index (χ2n) is 3.84. The lowest BCUT2D eigenvalue weighted by Crippen LogP contribution is -2.63. The fraction of sp³-hybridized carbons (Fsp3) is 0.875. The minimum absolute atomic E-state index is 0.0661. The van der Waals surface area contributed by atoms with Gasteiger partial charge in [0.25, 0.3) is 0 Å². The van der Waals surface area contributed by atoms with Crippen LogP contribution in [0.25, 0.3) is 0 Å². The number of halogens is 13. The number of rotatable bonds is 6. The first-order valence-corrected chi connectivity index (χ1v) is 5.09. The van der Waals surface area contributed by atoms with Crippen LogP contribution in [-0.4, -0.2) is 49.6 Å². The largest absolute Gasteiger partial charge is 0.527 e. The third-order valence-electron chi connectivity index (χ3n) is 2.06. The molecule has 1 unspecified atom stereocenters. The lowest BCUT2D eigenvalue weighted by molar-refractivity contribution is -0.524. The summed E-state index contributed by atoms with van der Waals surface area (Å²) in [6.45, 7) is 0. The summed E-state index contributed by atoms with van der Waals surface area (Å²) >= 11 is 0. The van der Waals surface area contributed by atoms with Gasteiger partial charge in [-0.1, -0.05) is 0 Å². The summed E-state index contributed by atoms with van der Waals surface area (Å²) in [6, 6.07) is 0. The van der Waals surface area contributed by atoms with Gasteiger partial charge >= 0.3 is 42.5 Å². The SMILES string of the molecule is COC(=O)C(F)(OC(F)(F)C(F)(F)C(F)(F)OC(F)(F)F)C(F)(F)F. The molecule has 0 bridgehead atoms. The number of carbonyl (C=O) groups is 1. The number of hydrogen-bond acceptors (Lipinski definition) is 4. The van der Waals surface area contributed by atoms with Crippen LogP contribution in [0.5, 0.6) is 0 Å². The standard InChI is InChI=1S/C8H3F13O4/c1-23-2(22)3(9,5(12,13)14)24-6(15,16)4(10,11)7(17,18)25-8(19,20)21/h1H3. The molecule has 0 aliphatic carbocycles. The maximum absolute atomic E-state index is 13.3. The average Bonchev–Trinajstić information content (AvgIpc) is 2.32. The van der Waals surface area contributed by atoms with Crippen LogP contribution < -0.4 is 0 Å². The molecular weight excluding hydrogens is 407 g/mol. The van der Waals surface area contributed by atoms with Gasteiger partial charge in [-0.15, -0.1) is 13.2 Å². The molecule has 17 heteroatoms. The summed E-state index contributed by atoms with van der Waals surface area (Å²) in [6.07, 6.45) is -28.1. The molecule has 0 aliphatic rings. The van der Waals surface area contributed by atoms with E-state index >= 15 is 0 Å². The van der Waals surface area contributed by atoms with Gasteiger partial charge < -0.3 is 4.74 Å². The third-order valence-corrected chi connectivity index (χ3v) is 2.06. The van der Waals surface area contributed by atoms with Gasteiger partial charge in [0.15, 0.2) is 0 Å². The molecular formula is C8H3F13O4.